The first kappa shape index (κ1) is 82.8. The van der Waals surface area contributed by atoms with E-state index in [1.807, 2.05) is 0 Å². The standard InChI is InChI=1S/2C11H22O4.2C9H19O6.6Rf/c2*1-14-9-11(10-15-2,5-3-7-12)6-4-8-13;2*1-13-4-8(11)6-15-7-9(12)5-14-3-2-10;;;;;;/h2*12-13H,1-10H2;2*8-12H,1-7H2;;;;;;/q2*-2;2*-1;;;;;;. The quantitative estimate of drug-likeness (QED) is 0.0270. The summed E-state index contributed by atoms with van der Waals surface area (Å²) in [4.78, 5) is 0. The van der Waals surface area contributed by atoms with Crippen molar-refractivity contribution in [3.05, 3.63) is 42.7 Å². The first-order valence-electron chi connectivity index (χ1n) is 19.8. The molecule has 0 aliphatic rings. The van der Waals surface area contributed by atoms with E-state index in [0.29, 0.717) is 52.1 Å². The van der Waals surface area contributed by atoms with Crippen molar-refractivity contribution in [2.24, 2.45) is 10.8 Å². The van der Waals surface area contributed by atoms with Gasteiger partial charge in [-0.1, -0.05) is 0 Å². The largest absolute Gasteiger partial charge is 0.555 e. The van der Waals surface area contributed by atoms with Gasteiger partial charge in [0.15, 0.2) is 0 Å². The number of ether oxygens (including phenoxy) is 10. The van der Waals surface area contributed by atoms with Crippen molar-refractivity contribution < 1.29 is 98.4 Å². The van der Waals surface area contributed by atoms with Crippen LogP contribution in [0, 0.1) is 53.5 Å². The third-order valence-electron chi connectivity index (χ3n) is 8.05. The van der Waals surface area contributed by atoms with Gasteiger partial charge in [0.05, 0.1) is 78.3 Å². The van der Waals surface area contributed by atoms with E-state index in [2.05, 4.69) is 52.1 Å². The molecule has 26 heteroatoms. The maximum Gasteiger partial charge on any atom is 0.101 e. The first-order valence-corrected chi connectivity index (χ1v) is 19.8. The molecule has 0 fully saturated rings. The SMILES string of the molecule is [CH2-]OCC(CCCO)(CCCO)CO[CH2-].[CH2-]OCC(CCCO)(CCCO)CO[CH2-].[CH2-]OCC(O)COCC(O)COCCO.[CH2-]OCC(O)COCC(O)COCCO.[Rf].[Rf].[Rf].[Rf].[Rf].[Rf]. The van der Waals surface area contributed by atoms with Gasteiger partial charge in [0.25, 0.3) is 0 Å². The molecule has 0 spiro atoms. The Morgan fingerprint density at radius 1 is 0.303 bits per heavy atom. The number of hydrogen-bond donors (Lipinski definition) is 10. The molecule has 4 atom stereocenters. The van der Waals surface area contributed by atoms with E-state index < -0.39 is 24.4 Å². The van der Waals surface area contributed by atoms with Crippen LogP contribution in [0.5, 0.6) is 0 Å². The fraction of sp³-hybridized carbons (Fsp3) is 0.850. The molecule has 0 aromatic carbocycles. The summed E-state index contributed by atoms with van der Waals surface area (Å²) in [7, 11) is 19.7. The van der Waals surface area contributed by atoms with Crippen LogP contribution in [0.4, 0.5) is 0 Å². The fourth-order valence-corrected chi connectivity index (χ4v) is 5.31. The molecular weight excluding hydrogens is 2400 g/mol. The fourth-order valence-electron chi connectivity index (χ4n) is 5.31. The Labute approximate surface area is 359 Å². The Morgan fingerprint density at radius 2 is 0.515 bits per heavy atom. The average molecular weight is 2490 g/mol. The van der Waals surface area contributed by atoms with Gasteiger partial charge < -0.3 is 98.4 Å². The van der Waals surface area contributed by atoms with Gasteiger partial charge in [-0.25, -0.2) is 42.7 Å². The van der Waals surface area contributed by atoms with Crippen molar-refractivity contribution in [3.8, 4) is 0 Å². The molecule has 0 amide bonds. The number of aliphatic hydroxyl groups excluding tert-OH is 10. The zero-order chi connectivity index (χ0) is 46.2. The summed E-state index contributed by atoms with van der Waals surface area (Å²) in [5, 5.41) is 88.9. The van der Waals surface area contributed by atoms with Gasteiger partial charge in [-0.2, -0.15) is 0 Å². The van der Waals surface area contributed by atoms with Crippen LogP contribution in [-0.2, 0) is 47.4 Å². The normalized spacial score (nSPS) is 12.4. The van der Waals surface area contributed by atoms with E-state index in [-0.39, 0.29) is 117 Å². The van der Waals surface area contributed by atoms with Crippen molar-refractivity contribution in [1.82, 2.24) is 0 Å². The summed E-state index contributed by atoms with van der Waals surface area (Å²) >= 11 is 0. The van der Waals surface area contributed by atoms with Crippen LogP contribution in [0.1, 0.15) is 51.4 Å². The van der Waals surface area contributed by atoms with Crippen molar-refractivity contribution >= 4 is 0 Å². The summed E-state index contributed by atoms with van der Waals surface area (Å²) < 4.78 is 48.3. The Kier molecular flexibility index (Phi) is 78.4. The first-order chi connectivity index (χ1) is 28.9. The van der Waals surface area contributed by atoms with Crippen LogP contribution in [0.2, 0.25) is 0 Å². The Hall–Kier alpha value is -6.80. The molecule has 10 N–H and O–H groups in total. The van der Waals surface area contributed by atoms with E-state index >= 15 is 0 Å². The molecule has 0 aliphatic heterocycles. The smallest absolute Gasteiger partial charge is 0.101 e. The van der Waals surface area contributed by atoms with Crippen LogP contribution >= 0.6 is 0 Å². The van der Waals surface area contributed by atoms with Gasteiger partial charge in [-0.05, 0) is 51.4 Å². The zero-order valence-electron chi connectivity index (χ0n) is 40.1. The van der Waals surface area contributed by atoms with Gasteiger partial charge in [0.2, 0.25) is 0 Å². The van der Waals surface area contributed by atoms with Crippen LogP contribution in [-0.4, -0.2) is 208 Å². The van der Waals surface area contributed by atoms with Gasteiger partial charge in [0, 0.05) is 76.9 Å². The summed E-state index contributed by atoms with van der Waals surface area (Å²) in [6, 6.07) is 0. The van der Waals surface area contributed by atoms with Gasteiger partial charge in [0.1, 0.15) is 12.2 Å². The maximum atomic E-state index is 9.26. The Morgan fingerprint density at radius 3 is 0.697 bits per heavy atom. The Bertz CT molecular complexity index is 724. The number of hydrogen-bond acceptors (Lipinski definition) is 20. The van der Waals surface area contributed by atoms with E-state index in [1.54, 1.807) is 0 Å². The Balaban J connectivity index is -0.0000000769. The molecule has 0 rings (SSSR count). The second-order valence-electron chi connectivity index (χ2n) is 13.7. The maximum absolute atomic E-state index is 9.26. The summed E-state index contributed by atoms with van der Waals surface area (Å²) in [5.41, 5.74) is -0.371. The molecule has 0 saturated heterocycles. The monoisotopic (exact) mass is 2490 g/mol. The summed E-state index contributed by atoms with van der Waals surface area (Å²) in [6.45, 7) is 3.34. The van der Waals surface area contributed by atoms with Crippen molar-refractivity contribution in [3.63, 3.8) is 0 Å². The van der Waals surface area contributed by atoms with Crippen LogP contribution in [0.15, 0.2) is 0 Å². The zero-order valence-corrected chi connectivity index (χ0v) is 78.5. The van der Waals surface area contributed by atoms with Gasteiger partial charge in [-0.3, -0.25) is 0 Å². The molecule has 0 aliphatic carbocycles. The van der Waals surface area contributed by atoms with Crippen LogP contribution in [0.25, 0.3) is 0 Å². The van der Waals surface area contributed by atoms with E-state index in [1.165, 1.54) is 0 Å². The van der Waals surface area contributed by atoms with E-state index in [4.69, 9.17) is 78.7 Å². The van der Waals surface area contributed by atoms with E-state index in [0.717, 1.165) is 25.7 Å². The minimum Gasteiger partial charge on any atom is -0.555 e. The molecule has 66 heavy (non-hydrogen) atoms. The third-order valence-corrected chi connectivity index (χ3v) is 8.05. The minimum atomic E-state index is -0.760. The van der Waals surface area contributed by atoms with Gasteiger partial charge in [-0.15, -0.1) is 0 Å². The minimum absolute atomic E-state index is 0. The molecule has 0 aromatic rings. The predicted molar refractivity (Wildman–Crippen MR) is 219 cm³/mol. The molecule has 0 heterocycles. The molecule has 4 unspecified atom stereocenters. The average Bonchev–Trinajstić information content (AvgIpc) is 3.22. The topological polar surface area (TPSA) is 295 Å². The second kappa shape index (κ2) is 62.5. The van der Waals surface area contributed by atoms with Crippen molar-refractivity contribution in [1.29, 1.82) is 0 Å². The predicted octanol–water partition coefficient (Wildman–Crippen LogP) is -0.648. The summed E-state index contributed by atoms with van der Waals surface area (Å²) in [5.74, 6) is 0. The van der Waals surface area contributed by atoms with Crippen molar-refractivity contribution in [2.75, 3.05) is 132 Å². The number of rotatable bonds is 40. The molecular formula is C40H82O20Rf6-6. The molecule has 20 nitrogen and oxygen atoms in total. The molecule has 0 saturated carbocycles. The molecule has 0 bridgehead atoms. The van der Waals surface area contributed by atoms with Crippen molar-refractivity contribution in [2.45, 2.75) is 75.8 Å². The third kappa shape index (κ3) is 55.2. The molecule has 0 aromatic heterocycles. The number of aliphatic hydroxyl groups is 10. The van der Waals surface area contributed by atoms with E-state index in [9.17, 15) is 10.2 Å². The van der Waals surface area contributed by atoms with Gasteiger partial charge >= 0.3 is 0 Å². The molecule has 380 valence electrons. The molecule has 0 radical (unpaired) electrons. The second-order valence-corrected chi connectivity index (χ2v) is 13.7. The van der Waals surface area contributed by atoms with Crippen LogP contribution < -0.4 is 0 Å². The summed E-state index contributed by atoms with van der Waals surface area (Å²) in [6.07, 6.45) is 2.91. The van der Waals surface area contributed by atoms with Crippen LogP contribution in [0.3, 0.4) is 0 Å².